The van der Waals surface area contributed by atoms with Gasteiger partial charge in [-0.05, 0) is 17.7 Å². The fraction of sp³-hybridized carbons (Fsp3) is 0.0909. The summed E-state index contributed by atoms with van der Waals surface area (Å²) in [5.41, 5.74) is 1.93. The molecule has 0 amide bonds. The van der Waals surface area contributed by atoms with Gasteiger partial charge in [-0.25, -0.2) is 4.98 Å². The van der Waals surface area contributed by atoms with Crippen LogP contribution in [0.1, 0.15) is 11.3 Å². The van der Waals surface area contributed by atoms with Crippen molar-refractivity contribution in [2.24, 2.45) is 0 Å². The minimum absolute atomic E-state index is 0.412. The molecule has 2 aromatic rings. The standard InChI is InChI=1S/C11H8Cl2N2/c12-9-3-1-2-8(4-9)5-10-6-14-7-11(13)15-10/h1-4,6-7H,5H2. The highest BCUT2D eigenvalue weighted by Gasteiger charge is 1.99. The van der Waals surface area contributed by atoms with E-state index in [9.17, 15) is 0 Å². The van der Waals surface area contributed by atoms with E-state index in [4.69, 9.17) is 23.2 Å². The molecule has 15 heavy (non-hydrogen) atoms. The van der Waals surface area contributed by atoms with E-state index in [2.05, 4.69) is 9.97 Å². The van der Waals surface area contributed by atoms with Gasteiger partial charge >= 0.3 is 0 Å². The highest BCUT2D eigenvalue weighted by Crippen LogP contribution is 2.14. The molecule has 76 valence electrons. The summed E-state index contributed by atoms with van der Waals surface area (Å²) >= 11 is 11.6. The highest BCUT2D eigenvalue weighted by molar-refractivity contribution is 6.30. The summed E-state index contributed by atoms with van der Waals surface area (Å²) in [5.74, 6) is 0. The van der Waals surface area contributed by atoms with E-state index < -0.39 is 0 Å². The molecule has 0 N–H and O–H groups in total. The van der Waals surface area contributed by atoms with Crippen molar-refractivity contribution in [2.75, 3.05) is 0 Å². The first kappa shape index (κ1) is 10.4. The molecule has 0 unspecified atom stereocenters. The van der Waals surface area contributed by atoms with Crippen molar-refractivity contribution in [1.82, 2.24) is 9.97 Å². The first-order valence-corrected chi connectivity index (χ1v) is 5.20. The van der Waals surface area contributed by atoms with Crippen molar-refractivity contribution in [3.8, 4) is 0 Å². The van der Waals surface area contributed by atoms with E-state index in [0.717, 1.165) is 16.3 Å². The van der Waals surface area contributed by atoms with E-state index in [0.29, 0.717) is 11.6 Å². The zero-order valence-electron chi connectivity index (χ0n) is 7.82. The Balaban J connectivity index is 2.22. The van der Waals surface area contributed by atoms with Gasteiger partial charge in [0.2, 0.25) is 0 Å². The van der Waals surface area contributed by atoms with Gasteiger partial charge < -0.3 is 0 Å². The molecule has 1 aromatic heterocycles. The average Bonchev–Trinajstić information content (AvgIpc) is 2.17. The van der Waals surface area contributed by atoms with Crippen LogP contribution in [0.4, 0.5) is 0 Å². The van der Waals surface area contributed by atoms with Crippen LogP contribution in [0.25, 0.3) is 0 Å². The van der Waals surface area contributed by atoms with E-state index in [1.165, 1.54) is 6.20 Å². The average molecular weight is 239 g/mol. The third kappa shape index (κ3) is 2.91. The van der Waals surface area contributed by atoms with Gasteiger partial charge in [-0.15, -0.1) is 0 Å². The van der Waals surface area contributed by atoms with Gasteiger partial charge in [0.05, 0.1) is 11.9 Å². The van der Waals surface area contributed by atoms with Crippen LogP contribution >= 0.6 is 23.2 Å². The first-order chi connectivity index (χ1) is 7.24. The molecular formula is C11H8Cl2N2. The number of halogens is 2. The summed E-state index contributed by atoms with van der Waals surface area (Å²) in [6, 6.07) is 7.66. The van der Waals surface area contributed by atoms with Crippen LogP contribution in [-0.2, 0) is 6.42 Å². The molecule has 1 aromatic carbocycles. The molecule has 2 nitrogen and oxygen atoms in total. The highest BCUT2D eigenvalue weighted by atomic mass is 35.5. The van der Waals surface area contributed by atoms with Gasteiger partial charge in [-0.3, -0.25) is 4.98 Å². The molecule has 0 saturated carbocycles. The molecule has 0 bridgehead atoms. The molecule has 1 heterocycles. The molecule has 0 atom stereocenters. The van der Waals surface area contributed by atoms with E-state index in [1.54, 1.807) is 6.20 Å². The van der Waals surface area contributed by atoms with Crippen LogP contribution in [0.15, 0.2) is 36.7 Å². The van der Waals surface area contributed by atoms with Crippen molar-refractivity contribution in [3.05, 3.63) is 58.1 Å². The number of hydrogen-bond donors (Lipinski definition) is 0. The normalized spacial score (nSPS) is 10.3. The van der Waals surface area contributed by atoms with Crippen molar-refractivity contribution in [1.29, 1.82) is 0 Å². The summed E-state index contributed by atoms with van der Waals surface area (Å²) < 4.78 is 0. The number of nitrogens with zero attached hydrogens (tertiary/aromatic N) is 2. The SMILES string of the molecule is Clc1cccc(Cc2cncc(Cl)n2)c1. The Morgan fingerprint density at radius 3 is 2.73 bits per heavy atom. The lowest BCUT2D eigenvalue weighted by Crippen LogP contribution is -1.93. The zero-order chi connectivity index (χ0) is 10.7. The molecule has 0 aliphatic rings. The van der Waals surface area contributed by atoms with E-state index in [-0.39, 0.29) is 0 Å². The van der Waals surface area contributed by atoms with Crippen LogP contribution in [0.3, 0.4) is 0 Å². The van der Waals surface area contributed by atoms with Gasteiger partial charge in [0.15, 0.2) is 0 Å². The van der Waals surface area contributed by atoms with E-state index >= 15 is 0 Å². The Morgan fingerprint density at radius 2 is 2.00 bits per heavy atom. The fourth-order valence-corrected chi connectivity index (χ4v) is 1.70. The lowest BCUT2D eigenvalue weighted by molar-refractivity contribution is 1.03. The minimum Gasteiger partial charge on any atom is -0.260 e. The summed E-state index contributed by atoms with van der Waals surface area (Å²) in [6.45, 7) is 0. The third-order valence-electron chi connectivity index (χ3n) is 1.93. The molecule has 2 rings (SSSR count). The van der Waals surface area contributed by atoms with Gasteiger partial charge in [0.25, 0.3) is 0 Å². The van der Waals surface area contributed by atoms with Crippen LogP contribution in [-0.4, -0.2) is 9.97 Å². The summed E-state index contributed by atoms with van der Waals surface area (Å²) in [7, 11) is 0. The first-order valence-electron chi connectivity index (χ1n) is 4.45. The number of benzene rings is 1. The molecule has 0 radical (unpaired) electrons. The molecule has 4 heteroatoms. The second-order valence-corrected chi connectivity index (χ2v) is 3.96. The Hall–Kier alpha value is -1.12. The molecule has 0 aliphatic heterocycles. The Morgan fingerprint density at radius 1 is 1.13 bits per heavy atom. The van der Waals surface area contributed by atoms with Crippen LogP contribution in [0, 0.1) is 0 Å². The number of aromatic nitrogens is 2. The van der Waals surface area contributed by atoms with Crippen LogP contribution < -0.4 is 0 Å². The Bertz CT molecular complexity index is 428. The lowest BCUT2D eigenvalue weighted by atomic mass is 10.1. The quantitative estimate of drug-likeness (QED) is 0.802. The Labute approximate surface area is 97.9 Å². The maximum atomic E-state index is 5.88. The number of hydrogen-bond acceptors (Lipinski definition) is 2. The third-order valence-corrected chi connectivity index (χ3v) is 2.35. The molecule has 0 spiro atoms. The maximum absolute atomic E-state index is 5.88. The summed E-state index contributed by atoms with van der Waals surface area (Å²) in [4.78, 5) is 8.13. The van der Waals surface area contributed by atoms with Crippen molar-refractivity contribution in [2.45, 2.75) is 6.42 Å². The maximum Gasteiger partial charge on any atom is 0.147 e. The fourth-order valence-electron chi connectivity index (χ4n) is 1.32. The molecule has 0 aliphatic carbocycles. The minimum atomic E-state index is 0.412. The Kier molecular flexibility index (Phi) is 3.19. The number of rotatable bonds is 2. The van der Waals surface area contributed by atoms with Gasteiger partial charge in [-0.1, -0.05) is 35.3 Å². The molecule has 0 saturated heterocycles. The van der Waals surface area contributed by atoms with Crippen LogP contribution in [0.5, 0.6) is 0 Å². The lowest BCUT2D eigenvalue weighted by Gasteiger charge is -2.01. The largest absolute Gasteiger partial charge is 0.260 e. The summed E-state index contributed by atoms with van der Waals surface area (Å²) in [5, 5.41) is 1.14. The van der Waals surface area contributed by atoms with Gasteiger partial charge in [0.1, 0.15) is 5.15 Å². The van der Waals surface area contributed by atoms with E-state index in [1.807, 2.05) is 24.3 Å². The van der Waals surface area contributed by atoms with Crippen molar-refractivity contribution < 1.29 is 0 Å². The van der Waals surface area contributed by atoms with Crippen molar-refractivity contribution in [3.63, 3.8) is 0 Å². The van der Waals surface area contributed by atoms with Crippen LogP contribution in [0.2, 0.25) is 10.2 Å². The molecule has 0 fully saturated rings. The summed E-state index contributed by atoms with van der Waals surface area (Å²) in [6.07, 6.45) is 3.91. The predicted molar refractivity (Wildman–Crippen MR) is 61.3 cm³/mol. The predicted octanol–water partition coefficient (Wildman–Crippen LogP) is 3.37. The topological polar surface area (TPSA) is 25.8 Å². The smallest absolute Gasteiger partial charge is 0.147 e. The van der Waals surface area contributed by atoms with Gasteiger partial charge in [-0.2, -0.15) is 0 Å². The monoisotopic (exact) mass is 238 g/mol. The second kappa shape index (κ2) is 4.60. The molecular weight excluding hydrogens is 231 g/mol. The van der Waals surface area contributed by atoms with Gasteiger partial charge in [0, 0.05) is 17.6 Å². The second-order valence-electron chi connectivity index (χ2n) is 3.14. The zero-order valence-corrected chi connectivity index (χ0v) is 9.33. The van der Waals surface area contributed by atoms with Crippen molar-refractivity contribution >= 4 is 23.2 Å².